The van der Waals surface area contributed by atoms with Crippen LogP contribution in [0, 0.1) is 0 Å². The predicted molar refractivity (Wildman–Crippen MR) is 92.4 cm³/mol. The summed E-state index contributed by atoms with van der Waals surface area (Å²) in [4.78, 5) is 16.4. The van der Waals surface area contributed by atoms with Gasteiger partial charge >= 0.3 is 6.18 Å². The van der Waals surface area contributed by atoms with Crippen LogP contribution in [0.1, 0.15) is 12.5 Å². The molecule has 152 valence electrons. The number of sulfonamides is 1. The fourth-order valence-corrected chi connectivity index (χ4v) is 4.31. The Morgan fingerprint density at radius 2 is 1.82 bits per heavy atom. The van der Waals surface area contributed by atoms with Gasteiger partial charge in [-0.25, -0.2) is 18.1 Å². The Bertz CT molecular complexity index is 1000. The van der Waals surface area contributed by atoms with Gasteiger partial charge in [-0.3, -0.25) is 4.79 Å². The third-order valence-corrected chi connectivity index (χ3v) is 6.38. The molecule has 28 heavy (non-hydrogen) atoms. The number of rotatable bonds is 3. The lowest BCUT2D eigenvalue weighted by atomic mass is 10.3. The Balaban J connectivity index is 1.83. The van der Waals surface area contributed by atoms with Crippen LogP contribution in [-0.2, 0) is 21.0 Å². The van der Waals surface area contributed by atoms with Crippen molar-refractivity contribution in [1.82, 2.24) is 24.0 Å². The molecule has 1 fully saturated rings. The SMILES string of the molecule is CC(=O)N1CCN(S(=O)(=O)c2cnn(-c3ncc(C(F)(F)F)cc3Cl)c2)CC1. The molecule has 1 aliphatic rings. The largest absolute Gasteiger partial charge is 0.417 e. The second-order valence-electron chi connectivity index (χ2n) is 6.06. The second kappa shape index (κ2) is 7.33. The number of halogens is 4. The summed E-state index contributed by atoms with van der Waals surface area (Å²) in [6, 6.07) is 0.695. The number of piperazine rings is 1. The van der Waals surface area contributed by atoms with E-state index in [9.17, 15) is 26.4 Å². The summed E-state index contributed by atoms with van der Waals surface area (Å²) in [6.07, 6.45) is -1.80. The molecule has 2 aromatic rings. The van der Waals surface area contributed by atoms with Crippen LogP contribution in [0.15, 0.2) is 29.6 Å². The van der Waals surface area contributed by atoms with E-state index in [-0.39, 0.29) is 47.8 Å². The summed E-state index contributed by atoms with van der Waals surface area (Å²) in [7, 11) is -3.88. The number of aromatic nitrogens is 3. The van der Waals surface area contributed by atoms with Gasteiger partial charge in [0.2, 0.25) is 15.9 Å². The van der Waals surface area contributed by atoms with E-state index in [1.165, 1.54) is 11.2 Å². The number of carbonyl (C=O) groups excluding carboxylic acids is 1. The summed E-state index contributed by atoms with van der Waals surface area (Å²) >= 11 is 5.87. The van der Waals surface area contributed by atoms with E-state index in [4.69, 9.17) is 11.6 Å². The molecule has 1 aliphatic heterocycles. The normalized spacial score (nSPS) is 16.4. The standard InChI is InChI=1S/C15H15ClF3N5O3S/c1-10(25)22-2-4-23(5-3-22)28(26,27)12-8-21-24(9-12)14-13(16)6-11(7-20-14)15(17,18)19/h6-9H,2-5H2,1H3. The second-order valence-corrected chi connectivity index (χ2v) is 8.40. The average molecular weight is 438 g/mol. The number of carbonyl (C=O) groups is 1. The van der Waals surface area contributed by atoms with E-state index in [2.05, 4.69) is 10.1 Å². The first-order valence-electron chi connectivity index (χ1n) is 8.03. The maximum absolute atomic E-state index is 12.7. The lowest BCUT2D eigenvalue weighted by Crippen LogP contribution is -2.49. The summed E-state index contributed by atoms with van der Waals surface area (Å²) in [5.74, 6) is -0.259. The van der Waals surface area contributed by atoms with Gasteiger partial charge in [-0.2, -0.15) is 22.6 Å². The average Bonchev–Trinajstić information content (AvgIpc) is 3.11. The molecule has 0 aliphatic carbocycles. The van der Waals surface area contributed by atoms with Crippen LogP contribution >= 0.6 is 11.6 Å². The molecule has 0 aromatic carbocycles. The van der Waals surface area contributed by atoms with Gasteiger partial charge in [-0.15, -0.1) is 0 Å². The van der Waals surface area contributed by atoms with Gasteiger partial charge in [0.25, 0.3) is 0 Å². The molecule has 0 unspecified atom stereocenters. The molecule has 8 nitrogen and oxygen atoms in total. The van der Waals surface area contributed by atoms with Crippen LogP contribution in [0.4, 0.5) is 13.2 Å². The number of nitrogens with zero attached hydrogens (tertiary/aromatic N) is 5. The highest BCUT2D eigenvalue weighted by atomic mass is 35.5. The van der Waals surface area contributed by atoms with Crippen molar-refractivity contribution in [3.05, 3.63) is 35.2 Å². The van der Waals surface area contributed by atoms with Crippen LogP contribution in [-0.4, -0.2) is 64.5 Å². The zero-order valence-corrected chi connectivity index (χ0v) is 16.1. The van der Waals surface area contributed by atoms with Crippen LogP contribution < -0.4 is 0 Å². The van der Waals surface area contributed by atoms with E-state index in [0.29, 0.717) is 12.3 Å². The fraction of sp³-hybridized carbons (Fsp3) is 0.400. The Kier molecular flexibility index (Phi) is 5.38. The first kappa shape index (κ1) is 20.6. The zero-order chi connectivity index (χ0) is 20.7. The summed E-state index contributed by atoms with van der Waals surface area (Å²) in [5.41, 5.74) is -1.02. The van der Waals surface area contributed by atoms with Crippen LogP contribution in [0.25, 0.3) is 5.82 Å². The Labute approximate surface area is 163 Å². The predicted octanol–water partition coefficient (Wildman–Crippen LogP) is 1.79. The molecule has 0 radical (unpaired) electrons. The molecule has 0 spiro atoms. The van der Waals surface area contributed by atoms with Gasteiger partial charge in [-0.05, 0) is 6.07 Å². The molecular formula is C15H15ClF3N5O3S. The van der Waals surface area contributed by atoms with Gasteiger partial charge < -0.3 is 4.90 Å². The molecule has 0 N–H and O–H groups in total. The molecule has 3 heterocycles. The summed E-state index contributed by atoms with van der Waals surface area (Å²) in [5, 5.41) is 3.54. The lowest BCUT2D eigenvalue weighted by molar-refractivity contribution is -0.137. The van der Waals surface area contributed by atoms with Crippen molar-refractivity contribution in [3.63, 3.8) is 0 Å². The van der Waals surface area contributed by atoms with Gasteiger partial charge in [-0.1, -0.05) is 11.6 Å². The monoisotopic (exact) mass is 437 g/mol. The highest BCUT2D eigenvalue weighted by Gasteiger charge is 2.33. The first-order chi connectivity index (χ1) is 13.0. The minimum absolute atomic E-state index is 0.127. The van der Waals surface area contributed by atoms with Gasteiger partial charge in [0.1, 0.15) is 4.90 Å². The van der Waals surface area contributed by atoms with E-state index in [0.717, 1.165) is 17.1 Å². The third-order valence-electron chi connectivity index (χ3n) is 4.25. The number of hydrogen-bond donors (Lipinski definition) is 0. The first-order valence-corrected chi connectivity index (χ1v) is 9.85. The van der Waals surface area contributed by atoms with Gasteiger partial charge in [0.05, 0.1) is 23.0 Å². The number of amides is 1. The molecule has 0 atom stereocenters. The number of alkyl halides is 3. The highest BCUT2D eigenvalue weighted by Crippen LogP contribution is 2.32. The maximum atomic E-state index is 12.7. The summed E-state index contributed by atoms with van der Waals surface area (Å²) < 4.78 is 65.9. The Hall–Kier alpha value is -2.18. The zero-order valence-electron chi connectivity index (χ0n) is 14.5. The van der Waals surface area contributed by atoms with E-state index >= 15 is 0 Å². The van der Waals surface area contributed by atoms with Crippen molar-refractivity contribution in [3.8, 4) is 5.82 Å². The van der Waals surface area contributed by atoms with Gasteiger partial charge in [0.15, 0.2) is 5.82 Å². The molecule has 0 bridgehead atoms. The smallest absolute Gasteiger partial charge is 0.340 e. The number of pyridine rings is 1. The minimum Gasteiger partial charge on any atom is -0.340 e. The van der Waals surface area contributed by atoms with E-state index < -0.39 is 21.8 Å². The molecule has 1 saturated heterocycles. The highest BCUT2D eigenvalue weighted by molar-refractivity contribution is 7.89. The quantitative estimate of drug-likeness (QED) is 0.730. The van der Waals surface area contributed by atoms with Crippen molar-refractivity contribution >= 4 is 27.5 Å². The third kappa shape index (κ3) is 3.98. The molecule has 1 amide bonds. The van der Waals surface area contributed by atoms with Crippen molar-refractivity contribution in [2.75, 3.05) is 26.2 Å². The van der Waals surface area contributed by atoms with E-state index in [1.54, 1.807) is 4.90 Å². The molecule has 13 heteroatoms. The molecular weight excluding hydrogens is 423 g/mol. The molecule has 0 saturated carbocycles. The summed E-state index contributed by atoms with van der Waals surface area (Å²) in [6.45, 7) is 2.22. The fourth-order valence-electron chi connectivity index (χ4n) is 2.70. The van der Waals surface area contributed by atoms with Crippen molar-refractivity contribution < 1.29 is 26.4 Å². The van der Waals surface area contributed by atoms with Crippen LogP contribution in [0.3, 0.4) is 0 Å². The van der Waals surface area contributed by atoms with Crippen molar-refractivity contribution in [2.24, 2.45) is 0 Å². The van der Waals surface area contributed by atoms with Crippen molar-refractivity contribution in [1.29, 1.82) is 0 Å². The Morgan fingerprint density at radius 1 is 1.18 bits per heavy atom. The van der Waals surface area contributed by atoms with Crippen molar-refractivity contribution in [2.45, 2.75) is 18.0 Å². The molecule has 3 rings (SSSR count). The van der Waals surface area contributed by atoms with E-state index in [1.807, 2.05) is 0 Å². The minimum atomic E-state index is -4.60. The number of hydrogen-bond acceptors (Lipinski definition) is 5. The Morgan fingerprint density at radius 3 is 2.36 bits per heavy atom. The topological polar surface area (TPSA) is 88.4 Å². The molecule has 2 aromatic heterocycles. The van der Waals surface area contributed by atoms with Gasteiger partial charge in [0, 0.05) is 39.3 Å². The van der Waals surface area contributed by atoms with Crippen LogP contribution in [0.5, 0.6) is 0 Å². The maximum Gasteiger partial charge on any atom is 0.417 e. The van der Waals surface area contributed by atoms with Crippen LogP contribution in [0.2, 0.25) is 5.02 Å². The lowest BCUT2D eigenvalue weighted by Gasteiger charge is -2.33.